The predicted molar refractivity (Wildman–Crippen MR) is 265 cm³/mol. The van der Waals surface area contributed by atoms with Gasteiger partial charge in [-0.15, -0.1) is 6.42 Å². The Hall–Kier alpha value is -7.55. The number of methoxy groups -OCH3 is 3. The lowest BCUT2D eigenvalue weighted by Gasteiger charge is -2.32. The zero-order chi connectivity index (χ0) is 47.4. The molecule has 1 N–H and O–H groups in total. The molecule has 1 aliphatic rings. The smallest absolute Gasteiger partial charge is 0.497 e. The number of terminal acetylenes is 1. The van der Waals surface area contributed by atoms with Crippen LogP contribution in [0.4, 0.5) is 0 Å². The van der Waals surface area contributed by atoms with E-state index in [1.54, 1.807) is 43.8 Å². The van der Waals surface area contributed by atoms with E-state index in [2.05, 4.69) is 153 Å². The molecule has 0 saturated carbocycles. The lowest BCUT2D eigenvalue weighted by atomic mass is 9.78. The van der Waals surface area contributed by atoms with Crippen molar-refractivity contribution in [3.05, 3.63) is 63.9 Å². The molecule has 322 valence electrons. The number of nitrogens with one attached hydrogen (secondary N) is 1. The van der Waals surface area contributed by atoms with Gasteiger partial charge in [-0.25, -0.2) is 0 Å². The molecule has 1 fully saturated rings. The minimum atomic E-state index is -0.448. The van der Waals surface area contributed by atoms with Gasteiger partial charge in [0.2, 0.25) is 0 Å². The molecule has 0 atom stereocenters. The van der Waals surface area contributed by atoms with E-state index in [9.17, 15) is 0 Å². The maximum Gasteiger partial charge on any atom is 0.498 e. The van der Waals surface area contributed by atoms with E-state index in [1.807, 2.05) is 90.6 Å². The number of hydrogen-bond donors (Lipinski definition) is 1. The Morgan fingerprint density at radius 3 is 1.48 bits per heavy atom. The van der Waals surface area contributed by atoms with Gasteiger partial charge in [0.25, 0.3) is 0 Å². The van der Waals surface area contributed by atoms with Crippen LogP contribution in [0.1, 0.15) is 34.6 Å². The summed E-state index contributed by atoms with van der Waals surface area (Å²) in [6, 6.07) is 11.8. The van der Waals surface area contributed by atoms with Crippen molar-refractivity contribution in [1.29, 1.82) is 0 Å². The van der Waals surface area contributed by atoms with Crippen LogP contribution in [0.2, 0.25) is 0 Å². The quantitative estimate of drug-likeness (QED) is 0.146. The summed E-state index contributed by atoms with van der Waals surface area (Å²) >= 11 is 6.80. The van der Waals surface area contributed by atoms with Crippen LogP contribution in [0.3, 0.4) is 0 Å². The summed E-state index contributed by atoms with van der Waals surface area (Å²) in [5.74, 6) is 44.3. The van der Waals surface area contributed by atoms with Crippen LogP contribution in [0.25, 0.3) is 32.7 Å². The number of aromatic nitrogens is 6. The third-order valence-electron chi connectivity index (χ3n) is 9.15. The molecule has 14 heteroatoms. The van der Waals surface area contributed by atoms with Gasteiger partial charge >= 0.3 is 7.12 Å². The molecule has 0 bridgehead atoms. The fourth-order valence-corrected chi connectivity index (χ4v) is 6.43. The summed E-state index contributed by atoms with van der Waals surface area (Å²) < 4.78 is 33.5. The number of halogens is 2. The topological polar surface area (TPSA) is 110 Å². The summed E-state index contributed by atoms with van der Waals surface area (Å²) in [4.78, 5) is 0. The molecule has 0 unspecified atom stereocenters. The maximum atomic E-state index is 6.11. The van der Waals surface area contributed by atoms with Gasteiger partial charge in [0.1, 0.15) is 17.2 Å². The standard InChI is InChI=1S/C19H4.C15H21BN2O3.C9H9BrN2O.C8H7BrN2O/c1-3-5-7-9-11-13-15-17-19-18-16-14-12-10-8-6-4-2;1-14(2)15(3,4)21-16(20-14)11-8-12-10(7-13(11)19-6)9-18(5)17-12;1-12-5-6-3-9(13-2)7(10)4-8(6)11-12;1-12-8-2-5-4-10-11-7(5)3-6(8)9/h1H,2H3;7-9H,1-6H3;3-5H,1-2H3;2-4H,1H3,(H,10,11). The van der Waals surface area contributed by atoms with Crippen LogP contribution in [0, 0.1) is 107 Å². The Morgan fingerprint density at radius 2 is 1.02 bits per heavy atom. The number of hydrogen-bond acceptors (Lipinski definition) is 8. The molecule has 6 aromatic rings. The molecule has 1 aliphatic heterocycles. The second-order valence-corrected chi connectivity index (χ2v) is 15.8. The Labute approximate surface area is 397 Å². The molecule has 1 saturated heterocycles. The summed E-state index contributed by atoms with van der Waals surface area (Å²) in [5.41, 5.74) is 3.01. The van der Waals surface area contributed by atoms with E-state index in [0.29, 0.717) is 0 Å². The summed E-state index contributed by atoms with van der Waals surface area (Å²) in [5, 5.41) is 18.7. The first-order valence-electron chi connectivity index (χ1n) is 19.2. The fourth-order valence-electron chi connectivity index (χ4n) is 5.43. The number of aryl methyl sites for hydroxylation is 2. The van der Waals surface area contributed by atoms with E-state index in [0.717, 1.165) is 64.4 Å². The van der Waals surface area contributed by atoms with Gasteiger partial charge < -0.3 is 23.5 Å². The molecule has 65 heavy (non-hydrogen) atoms. The average molecular weight is 989 g/mol. The first-order valence-corrected chi connectivity index (χ1v) is 20.8. The van der Waals surface area contributed by atoms with Crippen LogP contribution >= 0.6 is 31.9 Å². The fraction of sp³-hybridized carbons (Fsp3) is 0.235. The van der Waals surface area contributed by atoms with E-state index in [4.69, 9.17) is 29.9 Å². The van der Waals surface area contributed by atoms with Crippen molar-refractivity contribution < 1.29 is 23.5 Å². The van der Waals surface area contributed by atoms with E-state index in [-0.39, 0.29) is 11.2 Å². The predicted octanol–water partition coefficient (Wildman–Crippen LogP) is 7.23. The van der Waals surface area contributed by atoms with Crippen LogP contribution in [-0.4, -0.2) is 69.4 Å². The van der Waals surface area contributed by atoms with E-state index < -0.39 is 7.12 Å². The highest BCUT2D eigenvalue weighted by atomic mass is 79.9. The highest BCUT2D eigenvalue weighted by molar-refractivity contribution is 9.11. The van der Waals surface area contributed by atoms with Crippen molar-refractivity contribution in [2.24, 2.45) is 14.1 Å². The number of nitrogens with zero attached hydrogens (tertiary/aromatic N) is 5. The van der Waals surface area contributed by atoms with Crippen molar-refractivity contribution in [3.8, 4) is 124 Å². The van der Waals surface area contributed by atoms with Gasteiger partial charge in [0.05, 0.1) is 64.2 Å². The second-order valence-electron chi connectivity index (χ2n) is 14.1. The molecule has 7 rings (SSSR count). The highest BCUT2D eigenvalue weighted by Crippen LogP contribution is 2.37. The van der Waals surface area contributed by atoms with Crippen molar-refractivity contribution in [1.82, 2.24) is 29.8 Å². The number of benzene rings is 3. The van der Waals surface area contributed by atoms with Crippen LogP contribution < -0.4 is 19.7 Å². The highest BCUT2D eigenvalue weighted by Gasteiger charge is 2.52. The lowest BCUT2D eigenvalue weighted by Crippen LogP contribution is -2.41. The first-order chi connectivity index (χ1) is 31.2. The molecule has 3 aromatic carbocycles. The van der Waals surface area contributed by atoms with E-state index >= 15 is 0 Å². The van der Waals surface area contributed by atoms with Gasteiger partial charge in [0, 0.05) is 48.1 Å². The first kappa shape index (κ1) is 50.1. The molecule has 4 heterocycles. The van der Waals surface area contributed by atoms with Gasteiger partial charge in [0.15, 0.2) is 0 Å². The zero-order valence-corrected chi connectivity index (χ0v) is 40.6. The van der Waals surface area contributed by atoms with Crippen molar-refractivity contribution in [2.75, 3.05) is 21.3 Å². The number of ether oxygens (including phenoxy) is 3. The minimum absolute atomic E-state index is 0.373. The van der Waals surface area contributed by atoms with Crippen molar-refractivity contribution in [3.63, 3.8) is 0 Å². The monoisotopic (exact) mass is 986 g/mol. The Kier molecular flexibility index (Phi) is 18.8. The zero-order valence-electron chi connectivity index (χ0n) is 37.4. The largest absolute Gasteiger partial charge is 0.498 e. The number of H-pyrrole nitrogens is 1. The Balaban J connectivity index is 0.000000194. The molecule has 0 aliphatic carbocycles. The number of rotatable bonds is 4. The van der Waals surface area contributed by atoms with Gasteiger partial charge in [-0.1, -0.05) is 5.92 Å². The third kappa shape index (κ3) is 14.5. The van der Waals surface area contributed by atoms with Crippen LogP contribution in [0.5, 0.6) is 17.2 Å². The molecule has 0 amide bonds. The number of aromatic amines is 1. The summed E-state index contributed by atoms with van der Waals surface area (Å²) in [6.07, 6.45) is 10.6. The summed E-state index contributed by atoms with van der Waals surface area (Å²) in [7, 11) is 8.32. The maximum absolute atomic E-state index is 6.11. The Morgan fingerprint density at radius 1 is 0.600 bits per heavy atom. The van der Waals surface area contributed by atoms with Crippen LogP contribution in [-0.2, 0) is 23.4 Å². The van der Waals surface area contributed by atoms with Gasteiger partial charge in [-0.3, -0.25) is 14.5 Å². The average Bonchev–Trinajstić information content (AvgIpc) is 4.03. The van der Waals surface area contributed by atoms with Crippen LogP contribution in [0.15, 0.2) is 63.9 Å². The van der Waals surface area contributed by atoms with Crippen molar-refractivity contribution in [2.45, 2.75) is 45.8 Å². The molecule has 3 aromatic heterocycles. The number of fused-ring (bicyclic) bond motifs is 3. The summed E-state index contributed by atoms with van der Waals surface area (Å²) in [6.45, 7) is 9.86. The van der Waals surface area contributed by atoms with Crippen molar-refractivity contribution >= 4 is 77.1 Å². The Bertz CT molecular complexity index is 3270. The van der Waals surface area contributed by atoms with Gasteiger partial charge in [-0.2, -0.15) is 15.3 Å². The molecule has 0 radical (unpaired) electrons. The van der Waals surface area contributed by atoms with Gasteiger partial charge in [-0.05, 0) is 198 Å². The molecular weight excluding hydrogens is 947 g/mol. The third-order valence-corrected chi connectivity index (χ3v) is 10.4. The lowest BCUT2D eigenvalue weighted by molar-refractivity contribution is 0.00578. The normalized spacial score (nSPS) is 11.7. The van der Waals surface area contributed by atoms with E-state index in [1.165, 1.54) is 0 Å². The minimum Gasteiger partial charge on any atom is -0.497 e. The SMILES string of the molecule is C#CC#CC#CC#CC#CC#CC#CC#CC#CC.COc1cc2cn(C)nc2cc1B1OC(C)(C)C(C)(C)O1.COc1cc2cn(C)nc2cc1Br.COc1cc2cn[nH]c2cc1Br. The molecular formula is C51H41BBr2N6O5. The molecule has 0 spiro atoms. The molecule has 11 nitrogen and oxygen atoms in total. The second kappa shape index (κ2) is 24.3.